The molecule has 2 aromatic rings. The van der Waals surface area contributed by atoms with Gasteiger partial charge in [-0.25, -0.2) is 9.97 Å². The van der Waals surface area contributed by atoms with Crippen LogP contribution < -0.4 is 0 Å². The molecule has 1 aliphatic carbocycles. The molecule has 1 fully saturated rings. The Labute approximate surface area is 162 Å². The Hall–Kier alpha value is -1.07. The first kappa shape index (κ1) is 18.7. The van der Waals surface area contributed by atoms with Crippen molar-refractivity contribution in [3.63, 3.8) is 0 Å². The zero-order valence-corrected chi connectivity index (χ0v) is 17.5. The molecule has 0 bridgehead atoms. The molecule has 0 spiro atoms. The van der Waals surface area contributed by atoms with Crippen molar-refractivity contribution in [2.24, 2.45) is 0 Å². The van der Waals surface area contributed by atoms with Crippen molar-refractivity contribution in [2.45, 2.75) is 70.8 Å². The summed E-state index contributed by atoms with van der Waals surface area (Å²) in [7, 11) is 0. The summed E-state index contributed by atoms with van der Waals surface area (Å²) in [5.74, 6) is 2.25. The van der Waals surface area contributed by atoms with E-state index in [0.29, 0.717) is 17.5 Å². The van der Waals surface area contributed by atoms with E-state index in [9.17, 15) is 0 Å². The van der Waals surface area contributed by atoms with Gasteiger partial charge in [-0.05, 0) is 49.5 Å². The van der Waals surface area contributed by atoms with Crippen LogP contribution in [0.2, 0.25) is 5.15 Å². The van der Waals surface area contributed by atoms with E-state index in [1.165, 1.54) is 32.1 Å². The van der Waals surface area contributed by atoms with Gasteiger partial charge in [0.1, 0.15) is 21.5 Å². The Balaban J connectivity index is 2.03. The van der Waals surface area contributed by atoms with Gasteiger partial charge in [-0.3, -0.25) is 4.40 Å². The normalized spacial score (nSPS) is 16.4. The number of ether oxygens (including phenoxy) is 1. The molecule has 136 valence electrons. The summed E-state index contributed by atoms with van der Waals surface area (Å²) in [6.45, 7) is 10.2. The highest BCUT2D eigenvalue weighted by molar-refractivity contribution is 9.10. The second-order valence-electron chi connectivity index (χ2n) is 7.75. The second kappa shape index (κ2) is 7.28. The van der Waals surface area contributed by atoms with Gasteiger partial charge in [0.25, 0.3) is 0 Å². The van der Waals surface area contributed by atoms with E-state index < -0.39 is 0 Å². The van der Waals surface area contributed by atoms with Crippen LogP contribution in [0.5, 0.6) is 0 Å². The zero-order chi connectivity index (χ0) is 18.2. The van der Waals surface area contributed by atoms with Gasteiger partial charge in [-0.2, -0.15) is 0 Å². The summed E-state index contributed by atoms with van der Waals surface area (Å²) in [5, 5.41) is 0.465. The van der Waals surface area contributed by atoms with Crippen LogP contribution in [-0.4, -0.2) is 20.0 Å². The van der Waals surface area contributed by atoms with Gasteiger partial charge in [-0.1, -0.05) is 37.4 Å². The predicted molar refractivity (Wildman–Crippen MR) is 105 cm³/mol. The third-order valence-corrected chi connectivity index (χ3v) is 5.30. The quantitative estimate of drug-likeness (QED) is 0.557. The smallest absolute Gasteiger partial charge is 0.155 e. The fraction of sp³-hybridized carbons (Fsp3) is 0.579. The minimum absolute atomic E-state index is 0.266. The number of aromatic nitrogens is 3. The Morgan fingerprint density at radius 3 is 2.68 bits per heavy atom. The van der Waals surface area contributed by atoms with Gasteiger partial charge in [-0.15, -0.1) is 0 Å². The van der Waals surface area contributed by atoms with Crippen molar-refractivity contribution < 1.29 is 4.74 Å². The summed E-state index contributed by atoms with van der Waals surface area (Å²) in [4.78, 5) is 9.16. The molecule has 2 heterocycles. The van der Waals surface area contributed by atoms with Crippen LogP contribution in [0.4, 0.5) is 0 Å². The maximum absolute atomic E-state index is 6.37. The van der Waals surface area contributed by atoms with Crippen LogP contribution in [0.1, 0.15) is 70.3 Å². The average Bonchev–Trinajstić information content (AvgIpc) is 2.88. The van der Waals surface area contributed by atoms with Crippen molar-refractivity contribution in [3.8, 4) is 0 Å². The molecular weight excluding hydrogens is 402 g/mol. The van der Waals surface area contributed by atoms with E-state index >= 15 is 0 Å². The van der Waals surface area contributed by atoms with Crippen LogP contribution in [0.15, 0.2) is 23.1 Å². The second-order valence-corrected chi connectivity index (χ2v) is 8.86. The molecule has 25 heavy (non-hydrogen) atoms. The van der Waals surface area contributed by atoms with Crippen molar-refractivity contribution in [1.29, 1.82) is 0 Å². The molecule has 0 N–H and O–H groups in total. The minimum atomic E-state index is -0.266. The van der Waals surface area contributed by atoms with E-state index in [-0.39, 0.29) is 5.60 Å². The van der Waals surface area contributed by atoms with Gasteiger partial charge < -0.3 is 4.74 Å². The molecule has 0 radical (unpaired) electrons. The lowest BCUT2D eigenvalue weighted by Gasteiger charge is -2.24. The number of hydrogen-bond acceptors (Lipinski definition) is 3. The molecule has 2 aromatic heterocycles. The predicted octanol–water partition coefficient (Wildman–Crippen LogP) is 6.06. The number of halogens is 2. The Kier molecular flexibility index (Phi) is 5.45. The number of imidazole rings is 1. The van der Waals surface area contributed by atoms with Gasteiger partial charge in [0.15, 0.2) is 5.15 Å². The topological polar surface area (TPSA) is 39.4 Å². The molecular formula is C19H25BrClN3O. The lowest BCUT2D eigenvalue weighted by Crippen LogP contribution is -2.20. The van der Waals surface area contributed by atoms with Crippen LogP contribution in [-0.2, 0) is 11.2 Å². The number of hydrogen-bond donors (Lipinski definition) is 0. The van der Waals surface area contributed by atoms with E-state index in [4.69, 9.17) is 21.3 Å². The number of allylic oxidation sites excluding steroid dienone is 1. The van der Waals surface area contributed by atoms with E-state index in [1.807, 2.05) is 27.0 Å². The van der Waals surface area contributed by atoms with Gasteiger partial charge in [0, 0.05) is 18.5 Å². The Morgan fingerprint density at radius 1 is 1.36 bits per heavy atom. The molecule has 3 rings (SSSR count). The molecule has 4 nitrogen and oxygen atoms in total. The number of fused-ring (bicyclic) bond motifs is 1. The fourth-order valence-corrected chi connectivity index (χ4v) is 4.44. The minimum Gasteiger partial charge on any atom is -0.493 e. The molecule has 0 saturated heterocycles. The van der Waals surface area contributed by atoms with E-state index in [1.54, 1.807) is 0 Å². The van der Waals surface area contributed by atoms with Crippen LogP contribution in [0.25, 0.3) is 5.52 Å². The van der Waals surface area contributed by atoms with E-state index in [0.717, 1.165) is 27.4 Å². The fourth-order valence-electron chi connectivity index (χ4n) is 3.56. The molecule has 0 aliphatic heterocycles. The highest BCUT2D eigenvalue weighted by Gasteiger charge is 2.25. The average molecular weight is 427 g/mol. The molecule has 1 saturated carbocycles. The molecule has 0 amide bonds. The largest absolute Gasteiger partial charge is 0.493 e. The van der Waals surface area contributed by atoms with E-state index in [2.05, 4.69) is 31.9 Å². The maximum atomic E-state index is 6.37. The van der Waals surface area contributed by atoms with Gasteiger partial charge in [0.05, 0.1) is 11.5 Å². The summed E-state index contributed by atoms with van der Waals surface area (Å²) in [6, 6.07) is 0. The van der Waals surface area contributed by atoms with Gasteiger partial charge in [0.2, 0.25) is 0 Å². The van der Waals surface area contributed by atoms with Crippen LogP contribution in [0, 0.1) is 0 Å². The number of nitrogens with zero attached hydrogens (tertiary/aromatic N) is 3. The van der Waals surface area contributed by atoms with Crippen molar-refractivity contribution in [1.82, 2.24) is 14.4 Å². The summed E-state index contributed by atoms with van der Waals surface area (Å²) >= 11 is 9.95. The lowest BCUT2D eigenvalue weighted by molar-refractivity contribution is 0.0497. The monoisotopic (exact) mass is 425 g/mol. The molecule has 0 unspecified atom stereocenters. The third-order valence-electron chi connectivity index (χ3n) is 4.47. The molecule has 6 heteroatoms. The Bertz CT molecular complexity index is 788. The van der Waals surface area contributed by atoms with Gasteiger partial charge >= 0.3 is 0 Å². The Morgan fingerprint density at radius 2 is 2.04 bits per heavy atom. The first-order chi connectivity index (χ1) is 11.8. The van der Waals surface area contributed by atoms with Crippen molar-refractivity contribution in [2.75, 3.05) is 0 Å². The van der Waals surface area contributed by atoms with Crippen LogP contribution in [0.3, 0.4) is 0 Å². The first-order valence-corrected chi connectivity index (χ1v) is 10.0. The van der Waals surface area contributed by atoms with Crippen LogP contribution >= 0.6 is 27.5 Å². The first-order valence-electron chi connectivity index (χ1n) is 8.84. The highest BCUT2D eigenvalue weighted by atomic mass is 79.9. The zero-order valence-electron chi connectivity index (χ0n) is 15.1. The maximum Gasteiger partial charge on any atom is 0.155 e. The third kappa shape index (κ3) is 4.20. The highest BCUT2D eigenvalue weighted by Crippen LogP contribution is 2.36. The van der Waals surface area contributed by atoms with Crippen molar-refractivity contribution >= 4 is 33.0 Å². The molecule has 0 atom stereocenters. The molecule has 0 aromatic carbocycles. The SMILES string of the molecule is C=C(Cc1cnc(Cl)c2c(Br)nc(C3CCCCC3)n12)OC(C)(C)C. The standard InChI is InChI=1S/C19H25BrClN3O/c1-12(25-19(2,3)4)10-14-11-22-17(21)15-16(20)23-18(24(14)15)13-8-6-5-7-9-13/h11,13H,1,5-10H2,2-4H3. The summed E-state index contributed by atoms with van der Waals surface area (Å²) in [5.41, 5.74) is 1.58. The summed E-state index contributed by atoms with van der Waals surface area (Å²) < 4.78 is 8.83. The molecule has 1 aliphatic rings. The van der Waals surface area contributed by atoms with Crippen molar-refractivity contribution in [3.05, 3.63) is 39.8 Å². The number of rotatable bonds is 4. The summed E-state index contributed by atoms with van der Waals surface area (Å²) in [6.07, 6.45) is 8.56. The lowest BCUT2D eigenvalue weighted by atomic mass is 9.88.